The molecule has 0 aromatic carbocycles. The van der Waals surface area contributed by atoms with E-state index in [4.69, 9.17) is 0 Å². The van der Waals surface area contributed by atoms with E-state index in [0.717, 1.165) is 30.4 Å². The van der Waals surface area contributed by atoms with Crippen LogP contribution in [-0.4, -0.2) is 41.1 Å². The Balaban J connectivity index is 2.25. The highest BCUT2D eigenvalue weighted by Gasteiger charge is 2.23. The highest BCUT2D eigenvalue weighted by atomic mass is 32.2. The van der Waals surface area contributed by atoms with Crippen molar-refractivity contribution in [1.82, 2.24) is 9.97 Å². The third-order valence-corrected chi connectivity index (χ3v) is 4.71. The summed E-state index contributed by atoms with van der Waals surface area (Å²) in [6.45, 7) is 7.21. The minimum atomic E-state index is 0.608. The lowest BCUT2D eigenvalue weighted by Gasteiger charge is -2.27. The Kier molecular flexibility index (Phi) is 4.91. The first-order chi connectivity index (χ1) is 9.13. The van der Waals surface area contributed by atoms with Crippen molar-refractivity contribution in [2.75, 3.05) is 35.3 Å². The molecule has 4 nitrogen and oxygen atoms in total. The first kappa shape index (κ1) is 14.4. The third kappa shape index (κ3) is 3.32. The standard InChI is InChI=1S/C14H24N4S/c1-5-7-15-13-10(2)14(17-11(3)16-13)18(4)12-6-8-19-9-12/h12H,5-9H2,1-4H3,(H,15,16,17). The Hall–Kier alpha value is -0.970. The lowest BCUT2D eigenvalue weighted by Crippen LogP contribution is -2.33. The van der Waals surface area contributed by atoms with E-state index in [2.05, 4.69) is 41.1 Å². The maximum Gasteiger partial charge on any atom is 0.137 e. The van der Waals surface area contributed by atoms with Crippen molar-refractivity contribution in [3.05, 3.63) is 11.4 Å². The summed E-state index contributed by atoms with van der Waals surface area (Å²) in [7, 11) is 2.16. The number of aromatic nitrogens is 2. The van der Waals surface area contributed by atoms with E-state index in [0.29, 0.717) is 6.04 Å². The summed E-state index contributed by atoms with van der Waals surface area (Å²) in [6.07, 6.45) is 2.36. The van der Waals surface area contributed by atoms with Crippen molar-refractivity contribution in [2.24, 2.45) is 0 Å². The van der Waals surface area contributed by atoms with Gasteiger partial charge >= 0.3 is 0 Å². The van der Waals surface area contributed by atoms with Gasteiger partial charge in [-0.3, -0.25) is 0 Å². The molecule has 19 heavy (non-hydrogen) atoms. The molecule has 1 fully saturated rings. The maximum atomic E-state index is 4.65. The van der Waals surface area contributed by atoms with Crippen LogP contribution in [0.2, 0.25) is 0 Å². The maximum absolute atomic E-state index is 4.65. The van der Waals surface area contributed by atoms with Gasteiger partial charge in [0, 0.05) is 31.0 Å². The van der Waals surface area contributed by atoms with Crippen LogP contribution in [0.4, 0.5) is 11.6 Å². The zero-order chi connectivity index (χ0) is 13.8. The molecule has 1 aromatic rings. The van der Waals surface area contributed by atoms with E-state index in [9.17, 15) is 0 Å². The molecule has 0 saturated carbocycles. The molecule has 1 unspecified atom stereocenters. The second-order valence-corrected chi connectivity index (χ2v) is 6.27. The van der Waals surface area contributed by atoms with E-state index in [1.165, 1.54) is 23.5 Å². The third-order valence-electron chi connectivity index (χ3n) is 3.56. The molecule has 5 heteroatoms. The molecule has 0 amide bonds. The van der Waals surface area contributed by atoms with Gasteiger partial charge in [-0.1, -0.05) is 6.92 Å². The van der Waals surface area contributed by atoms with Gasteiger partial charge in [-0.2, -0.15) is 11.8 Å². The predicted molar refractivity (Wildman–Crippen MR) is 84.4 cm³/mol. The van der Waals surface area contributed by atoms with E-state index in [1.807, 2.05) is 18.7 Å². The van der Waals surface area contributed by atoms with Gasteiger partial charge in [-0.15, -0.1) is 0 Å². The van der Waals surface area contributed by atoms with Crippen LogP contribution in [0.15, 0.2) is 0 Å². The van der Waals surface area contributed by atoms with Crippen molar-refractivity contribution in [1.29, 1.82) is 0 Å². The molecule has 0 bridgehead atoms. The molecular weight excluding hydrogens is 256 g/mol. The van der Waals surface area contributed by atoms with Crippen molar-refractivity contribution < 1.29 is 0 Å². The topological polar surface area (TPSA) is 41.1 Å². The molecule has 1 aliphatic rings. The number of anilines is 2. The molecule has 1 N–H and O–H groups in total. The molecular formula is C14H24N4S. The Bertz CT molecular complexity index is 430. The molecule has 1 aliphatic heterocycles. The van der Waals surface area contributed by atoms with Crippen LogP contribution in [0.5, 0.6) is 0 Å². The SMILES string of the molecule is CCCNc1nc(C)nc(N(C)C2CCSC2)c1C. The first-order valence-electron chi connectivity index (χ1n) is 7.03. The van der Waals surface area contributed by atoms with Gasteiger partial charge < -0.3 is 10.2 Å². The van der Waals surface area contributed by atoms with Crippen LogP contribution < -0.4 is 10.2 Å². The molecule has 0 radical (unpaired) electrons. The molecule has 1 aromatic heterocycles. The van der Waals surface area contributed by atoms with E-state index in [-0.39, 0.29) is 0 Å². The Morgan fingerprint density at radius 3 is 2.79 bits per heavy atom. The molecule has 0 spiro atoms. The monoisotopic (exact) mass is 280 g/mol. The van der Waals surface area contributed by atoms with Crippen molar-refractivity contribution >= 4 is 23.4 Å². The minimum Gasteiger partial charge on any atom is -0.370 e. The van der Waals surface area contributed by atoms with E-state index >= 15 is 0 Å². The van der Waals surface area contributed by atoms with Crippen molar-refractivity contribution in [2.45, 2.75) is 39.7 Å². The summed E-state index contributed by atoms with van der Waals surface area (Å²) >= 11 is 2.03. The molecule has 106 valence electrons. The van der Waals surface area contributed by atoms with Crippen LogP contribution in [0.1, 0.15) is 31.2 Å². The summed E-state index contributed by atoms with van der Waals surface area (Å²) in [4.78, 5) is 11.5. The molecule has 2 heterocycles. The van der Waals surface area contributed by atoms with Gasteiger partial charge in [0.05, 0.1) is 0 Å². The second-order valence-electron chi connectivity index (χ2n) is 5.12. The van der Waals surface area contributed by atoms with Gasteiger partial charge in [0.25, 0.3) is 0 Å². The number of nitrogens with zero attached hydrogens (tertiary/aromatic N) is 3. The number of aryl methyl sites for hydroxylation is 1. The number of thioether (sulfide) groups is 1. The van der Waals surface area contributed by atoms with Gasteiger partial charge in [0.15, 0.2) is 0 Å². The zero-order valence-electron chi connectivity index (χ0n) is 12.4. The number of hydrogen-bond donors (Lipinski definition) is 1. The molecule has 1 atom stereocenters. The van der Waals surface area contributed by atoms with E-state index < -0.39 is 0 Å². The Labute approximate surface area is 120 Å². The predicted octanol–water partition coefficient (Wildman–Crippen LogP) is 2.86. The van der Waals surface area contributed by atoms with Gasteiger partial charge in [0.1, 0.15) is 17.5 Å². The molecule has 1 saturated heterocycles. The van der Waals surface area contributed by atoms with E-state index in [1.54, 1.807) is 0 Å². The zero-order valence-corrected chi connectivity index (χ0v) is 13.2. The Morgan fingerprint density at radius 1 is 1.37 bits per heavy atom. The second kappa shape index (κ2) is 6.46. The van der Waals surface area contributed by atoms with Crippen molar-refractivity contribution in [3.8, 4) is 0 Å². The lowest BCUT2D eigenvalue weighted by molar-refractivity contribution is 0.686. The lowest BCUT2D eigenvalue weighted by atomic mass is 10.2. The van der Waals surface area contributed by atoms with Crippen molar-refractivity contribution in [3.63, 3.8) is 0 Å². The number of nitrogens with one attached hydrogen (secondary N) is 1. The van der Waals surface area contributed by atoms with Crippen LogP contribution in [0.3, 0.4) is 0 Å². The van der Waals surface area contributed by atoms with Crippen LogP contribution >= 0.6 is 11.8 Å². The average molecular weight is 280 g/mol. The highest BCUT2D eigenvalue weighted by Crippen LogP contribution is 2.29. The average Bonchev–Trinajstić information content (AvgIpc) is 2.92. The molecule has 2 rings (SSSR count). The summed E-state index contributed by atoms with van der Waals surface area (Å²) in [5, 5.41) is 3.41. The molecule has 0 aliphatic carbocycles. The highest BCUT2D eigenvalue weighted by molar-refractivity contribution is 7.99. The number of rotatable bonds is 5. The number of hydrogen-bond acceptors (Lipinski definition) is 5. The normalized spacial score (nSPS) is 18.6. The quantitative estimate of drug-likeness (QED) is 0.898. The van der Waals surface area contributed by atoms with Gasteiger partial charge in [0.2, 0.25) is 0 Å². The Morgan fingerprint density at radius 2 is 2.16 bits per heavy atom. The fourth-order valence-corrected chi connectivity index (χ4v) is 3.64. The van der Waals surface area contributed by atoms with Gasteiger partial charge in [-0.25, -0.2) is 9.97 Å². The minimum absolute atomic E-state index is 0.608. The largest absolute Gasteiger partial charge is 0.370 e. The fourth-order valence-electron chi connectivity index (χ4n) is 2.37. The summed E-state index contributed by atoms with van der Waals surface area (Å²) in [5.74, 6) is 5.38. The van der Waals surface area contributed by atoms with Crippen LogP contribution in [-0.2, 0) is 0 Å². The van der Waals surface area contributed by atoms with Crippen LogP contribution in [0.25, 0.3) is 0 Å². The summed E-state index contributed by atoms with van der Waals surface area (Å²) in [6, 6.07) is 0.608. The fraction of sp³-hybridized carbons (Fsp3) is 0.714. The smallest absolute Gasteiger partial charge is 0.137 e. The summed E-state index contributed by atoms with van der Waals surface area (Å²) in [5.41, 5.74) is 1.17. The van der Waals surface area contributed by atoms with Gasteiger partial charge in [-0.05, 0) is 32.4 Å². The van der Waals surface area contributed by atoms with Crippen LogP contribution in [0, 0.1) is 13.8 Å². The summed E-state index contributed by atoms with van der Waals surface area (Å²) < 4.78 is 0. The first-order valence-corrected chi connectivity index (χ1v) is 8.18.